The summed E-state index contributed by atoms with van der Waals surface area (Å²) in [6.45, 7) is 4.55. The molecule has 0 saturated carbocycles. The average molecular weight is 506 g/mol. The van der Waals surface area contributed by atoms with E-state index in [9.17, 15) is 29.4 Å². The molecule has 0 saturated heterocycles. The maximum atomic E-state index is 11.5. The van der Waals surface area contributed by atoms with Crippen molar-refractivity contribution >= 4 is 23.9 Å². The van der Waals surface area contributed by atoms with Gasteiger partial charge in [-0.3, -0.25) is 0 Å². The number of carbonyl (C=O) groups is 4. The van der Waals surface area contributed by atoms with Gasteiger partial charge in [-0.1, -0.05) is 63.1 Å². The number of rotatable bonds is 10. The van der Waals surface area contributed by atoms with Crippen LogP contribution >= 0.6 is 0 Å². The van der Waals surface area contributed by atoms with E-state index in [1.54, 1.807) is 12.1 Å². The summed E-state index contributed by atoms with van der Waals surface area (Å²) >= 11 is 0. The van der Waals surface area contributed by atoms with Crippen molar-refractivity contribution in [3.8, 4) is 0 Å². The van der Waals surface area contributed by atoms with Crippen molar-refractivity contribution < 1.29 is 55.9 Å². The smallest absolute Gasteiger partial charge is 0.545 e. The summed E-state index contributed by atoms with van der Waals surface area (Å²) in [5, 5.41) is 21.5. The molecule has 0 fully saturated rings. The number of ether oxygens (including phenoxy) is 2. The van der Waals surface area contributed by atoms with Gasteiger partial charge in [-0.25, -0.2) is 9.59 Å². The first-order valence-corrected chi connectivity index (χ1v) is 10.3. The third-order valence-corrected chi connectivity index (χ3v) is 4.20. The Labute approximate surface area is 203 Å². The van der Waals surface area contributed by atoms with Gasteiger partial charge in [0.1, 0.15) is 0 Å². The number of hydrogen-bond acceptors (Lipinski definition) is 8. The molecule has 0 aliphatic carbocycles. The van der Waals surface area contributed by atoms with Crippen molar-refractivity contribution in [1.82, 2.24) is 0 Å². The molecule has 2 rings (SSSR count). The molecule has 181 valence electrons. The molecular weight excluding hydrogens is 480 g/mol. The quantitative estimate of drug-likeness (QED) is 0.272. The van der Waals surface area contributed by atoms with Gasteiger partial charge >= 0.3 is 29.0 Å². The third kappa shape index (κ3) is 10.3. The van der Waals surface area contributed by atoms with E-state index in [4.69, 9.17) is 9.47 Å². The van der Waals surface area contributed by atoms with Crippen LogP contribution in [0.3, 0.4) is 0 Å². The molecule has 1 radical (unpaired) electrons. The van der Waals surface area contributed by atoms with Gasteiger partial charge in [-0.15, -0.1) is 0 Å². The first-order valence-electron chi connectivity index (χ1n) is 10.3. The van der Waals surface area contributed by atoms with Gasteiger partial charge in [0, 0.05) is 11.1 Å². The minimum Gasteiger partial charge on any atom is -0.545 e. The van der Waals surface area contributed by atoms with Crippen LogP contribution in [0, 0.1) is 0 Å². The number of unbranched alkanes of at least 4 members (excludes halogenated alkanes) is 2. The fourth-order valence-electron chi connectivity index (χ4n) is 2.45. The van der Waals surface area contributed by atoms with E-state index in [1.165, 1.54) is 36.4 Å². The number of carboxylic acid groups (broad SMARTS) is 2. The fourth-order valence-corrected chi connectivity index (χ4v) is 2.45. The maximum Gasteiger partial charge on any atom is 2.00 e. The van der Waals surface area contributed by atoms with Crippen LogP contribution in [0.25, 0.3) is 0 Å². The number of carbonyl (C=O) groups excluding carboxylic acids is 4. The van der Waals surface area contributed by atoms with Crippen LogP contribution < -0.4 is 10.2 Å². The normalized spacial score (nSPS) is 9.52. The van der Waals surface area contributed by atoms with E-state index >= 15 is 0 Å². The number of benzene rings is 2. The third-order valence-electron chi connectivity index (χ3n) is 4.20. The molecule has 0 atom stereocenters. The molecule has 0 aliphatic heterocycles. The Balaban J connectivity index is 0.000000602. The summed E-state index contributed by atoms with van der Waals surface area (Å²) in [4.78, 5) is 44.5. The van der Waals surface area contributed by atoms with E-state index in [1.807, 2.05) is 13.8 Å². The Morgan fingerprint density at radius 3 is 1.21 bits per heavy atom. The van der Waals surface area contributed by atoms with Crippen LogP contribution in [0.4, 0.5) is 0 Å². The van der Waals surface area contributed by atoms with E-state index in [-0.39, 0.29) is 39.3 Å². The number of carboxylic acids is 2. The predicted molar refractivity (Wildman–Crippen MR) is 112 cm³/mol. The second-order valence-corrected chi connectivity index (χ2v) is 6.65. The van der Waals surface area contributed by atoms with Gasteiger partial charge in [-0.2, -0.15) is 0 Å². The first kappa shape index (κ1) is 29.8. The van der Waals surface area contributed by atoms with E-state index in [0.717, 1.165) is 25.7 Å². The van der Waals surface area contributed by atoms with Crippen molar-refractivity contribution in [2.24, 2.45) is 0 Å². The molecule has 0 N–H and O–H groups in total. The molecule has 33 heavy (non-hydrogen) atoms. The topological polar surface area (TPSA) is 133 Å². The Kier molecular flexibility index (Phi) is 14.9. The summed E-state index contributed by atoms with van der Waals surface area (Å²) in [6, 6.07) is 11.7. The molecule has 9 heteroatoms. The van der Waals surface area contributed by atoms with Gasteiger partial charge in [0.15, 0.2) is 0 Å². The molecule has 0 bridgehead atoms. The summed E-state index contributed by atoms with van der Waals surface area (Å²) in [6.07, 6.45) is 3.35. The van der Waals surface area contributed by atoms with Crippen molar-refractivity contribution in [1.29, 1.82) is 0 Å². The van der Waals surface area contributed by atoms with Crippen LogP contribution in [-0.4, -0.2) is 37.1 Å². The largest absolute Gasteiger partial charge is 2.00 e. The van der Waals surface area contributed by atoms with Gasteiger partial charge < -0.3 is 29.3 Å². The Bertz CT molecular complexity index is 851. The van der Waals surface area contributed by atoms with Crippen LogP contribution in [-0.2, 0) is 26.5 Å². The number of aromatic carboxylic acids is 2. The van der Waals surface area contributed by atoms with Gasteiger partial charge in [0.2, 0.25) is 0 Å². The zero-order chi connectivity index (χ0) is 23.9. The van der Waals surface area contributed by atoms with E-state index in [2.05, 4.69) is 0 Å². The Morgan fingerprint density at radius 2 is 0.939 bits per heavy atom. The SMILES string of the molecule is CCCCOC(=O)c1ccccc1C(=O)[O-].CCCCOC(=O)c1ccccc1C(=O)[O-].[Cu+2]. The molecule has 0 unspecified atom stereocenters. The Morgan fingerprint density at radius 1 is 0.636 bits per heavy atom. The minimum absolute atomic E-state index is 0. The number of hydrogen-bond donors (Lipinski definition) is 0. The standard InChI is InChI=1S/2C12H14O4.Cu/c2*1-2-3-8-16-12(15)10-7-5-4-6-9(10)11(13)14;/h2*4-7H,2-3,8H2,1H3,(H,13,14);/q;;+2/p-2. The molecule has 0 spiro atoms. The van der Waals surface area contributed by atoms with Gasteiger partial charge in [0.25, 0.3) is 0 Å². The summed E-state index contributed by atoms with van der Waals surface area (Å²) in [5.41, 5.74) is -0.190. The first-order chi connectivity index (χ1) is 15.3. The summed E-state index contributed by atoms with van der Waals surface area (Å²) in [7, 11) is 0. The maximum absolute atomic E-state index is 11.5. The molecule has 0 aromatic heterocycles. The average Bonchev–Trinajstić information content (AvgIpc) is 2.79. The summed E-state index contributed by atoms with van der Waals surface area (Å²) < 4.78 is 9.86. The molecule has 0 heterocycles. The van der Waals surface area contributed by atoms with E-state index < -0.39 is 23.9 Å². The molecule has 2 aromatic carbocycles. The molecule has 0 aliphatic rings. The Hall–Kier alpha value is -3.16. The monoisotopic (exact) mass is 505 g/mol. The fraction of sp³-hybridized carbons (Fsp3) is 0.333. The van der Waals surface area contributed by atoms with Crippen molar-refractivity contribution in [3.05, 3.63) is 70.8 Å². The van der Waals surface area contributed by atoms with Crippen molar-refractivity contribution in [3.63, 3.8) is 0 Å². The zero-order valence-corrected chi connectivity index (χ0v) is 19.4. The van der Waals surface area contributed by atoms with Crippen LogP contribution in [0.5, 0.6) is 0 Å². The molecule has 2 aromatic rings. The van der Waals surface area contributed by atoms with Gasteiger partial charge in [-0.05, 0) is 25.0 Å². The van der Waals surface area contributed by atoms with Crippen LogP contribution in [0.15, 0.2) is 48.5 Å². The predicted octanol–water partition coefficient (Wildman–Crippen LogP) is 2.01. The second-order valence-electron chi connectivity index (χ2n) is 6.65. The summed E-state index contributed by atoms with van der Waals surface area (Å²) in [5.74, 6) is -3.98. The number of esters is 2. The molecule has 8 nitrogen and oxygen atoms in total. The molecule has 0 amide bonds. The van der Waals surface area contributed by atoms with Gasteiger partial charge in [0.05, 0.1) is 36.3 Å². The van der Waals surface area contributed by atoms with Crippen molar-refractivity contribution in [2.45, 2.75) is 39.5 Å². The zero-order valence-electron chi connectivity index (χ0n) is 18.4. The van der Waals surface area contributed by atoms with E-state index in [0.29, 0.717) is 13.2 Å². The molecular formula is C24H26CuO8. The minimum atomic E-state index is -1.37. The second kappa shape index (κ2) is 16.5. The van der Waals surface area contributed by atoms with Crippen LogP contribution in [0.1, 0.15) is 81.0 Å². The van der Waals surface area contributed by atoms with Crippen LogP contribution in [0.2, 0.25) is 0 Å². The van der Waals surface area contributed by atoms with Crippen molar-refractivity contribution in [2.75, 3.05) is 13.2 Å².